The molecule has 3 aromatic carbocycles. The highest BCUT2D eigenvalue weighted by molar-refractivity contribution is 5.49. The molecule has 0 unspecified atom stereocenters. The summed E-state index contributed by atoms with van der Waals surface area (Å²) in [6.45, 7) is 4.31. The summed E-state index contributed by atoms with van der Waals surface area (Å²) in [4.78, 5) is 0. The maximum atomic E-state index is 9.59. The van der Waals surface area contributed by atoms with Gasteiger partial charge in [0, 0.05) is 5.92 Å². The van der Waals surface area contributed by atoms with Gasteiger partial charge in [0.15, 0.2) is 0 Å². The molecule has 22 heavy (non-hydrogen) atoms. The molecule has 0 bridgehead atoms. The van der Waals surface area contributed by atoms with Crippen molar-refractivity contribution in [3.8, 4) is 5.75 Å². The Morgan fingerprint density at radius 2 is 1.09 bits per heavy atom. The van der Waals surface area contributed by atoms with Gasteiger partial charge in [-0.3, -0.25) is 0 Å². The van der Waals surface area contributed by atoms with E-state index >= 15 is 0 Å². The summed E-state index contributed by atoms with van der Waals surface area (Å²) in [6, 6.07) is 24.6. The monoisotopic (exact) mass is 288 g/mol. The molecule has 3 aromatic rings. The third-order valence-corrected chi connectivity index (χ3v) is 4.23. The zero-order chi connectivity index (χ0) is 15.5. The van der Waals surface area contributed by atoms with Crippen LogP contribution in [0.1, 0.15) is 33.7 Å². The fourth-order valence-electron chi connectivity index (χ4n) is 3.01. The van der Waals surface area contributed by atoms with Crippen LogP contribution in [0.3, 0.4) is 0 Å². The number of hydrogen-bond donors (Lipinski definition) is 1. The topological polar surface area (TPSA) is 20.2 Å². The van der Waals surface area contributed by atoms with Crippen LogP contribution in [-0.4, -0.2) is 5.11 Å². The second-order valence-corrected chi connectivity index (χ2v) is 5.74. The Morgan fingerprint density at radius 3 is 1.55 bits per heavy atom. The molecule has 0 aliphatic rings. The Bertz CT molecular complexity index is 726. The molecule has 0 aliphatic carbocycles. The highest BCUT2D eigenvalue weighted by Gasteiger charge is 2.19. The van der Waals surface area contributed by atoms with Crippen LogP contribution >= 0.6 is 0 Å². The van der Waals surface area contributed by atoms with E-state index in [2.05, 4.69) is 62.4 Å². The molecule has 110 valence electrons. The van der Waals surface area contributed by atoms with Gasteiger partial charge < -0.3 is 5.11 Å². The number of benzene rings is 3. The van der Waals surface area contributed by atoms with Gasteiger partial charge in [0.05, 0.1) is 0 Å². The molecule has 0 amide bonds. The minimum Gasteiger partial charge on any atom is -0.508 e. The molecule has 0 aliphatic heterocycles. The molecule has 0 saturated heterocycles. The van der Waals surface area contributed by atoms with E-state index in [-0.39, 0.29) is 5.92 Å². The summed E-state index contributed by atoms with van der Waals surface area (Å²) in [5, 5.41) is 9.59. The van der Waals surface area contributed by atoms with Gasteiger partial charge in [-0.1, -0.05) is 60.7 Å². The zero-order valence-electron chi connectivity index (χ0n) is 13.0. The van der Waals surface area contributed by atoms with E-state index in [9.17, 15) is 5.11 Å². The Kier molecular flexibility index (Phi) is 3.97. The van der Waals surface area contributed by atoms with Crippen LogP contribution in [0.15, 0.2) is 72.8 Å². The van der Waals surface area contributed by atoms with E-state index in [4.69, 9.17) is 0 Å². The van der Waals surface area contributed by atoms with Gasteiger partial charge in [-0.15, -0.1) is 0 Å². The Hall–Kier alpha value is -2.54. The first-order valence-corrected chi connectivity index (χ1v) is 7.57. The van der Waals surface area contributed by atoms with E-state index in [1.165, 1.54) is 27.8 Å². The number of hydrogen-bond acceptors (Lipinski definition) is 1. The van der Waals surface area contributed by atoms with Gasteiger partial charge in [-0.25, -0.2) is 0 Å². The Morgan fingerprint density at radius 1 is 0.636 bits per heavy atom. The van der Waals surface area contributed by atoms with E-state index in [1.807, 2.05) is 12.1 Å². The molecular weight excluding hydrogens is 268 g/mol. The van der Waals surface area contributed by atoms with Crippen LogP contribution in [0, 0.1) is 13.8 Å². The molecule has 0 fully saturated rings. The molecule has 0 spiro atoms. The molecule has 0 heterocycles. The fraction of sp³-hybridized carbons (Fsp3) is 0.143. The van der Waals surface area contributed by atoms with Crippen LogP contribution in [0.25, 0.3) is 0 Å². The fourth-order valence-corrected chi connectivity index (χ4v) is 3.01. The van der Waals surface area contributed by atoms with Crippen molar-refractivity contribution in [2.24, 2.45) is 0 Å². The lowest BCUT2D eigenvalue weighted by Gasteiger charge is -2.22. The Labute approximate surface area is 131 Å². The van der Waals surface area contributed by atoms with Crippen molar-refractivity contribution >= 4 is 0 Å². The van der Waals surface area contributed by atoms with Crippen LogP contribution in [0.2, 0.25) is 0 Å². The normalized spacial score (nSPS) is 10.9. The Balaban J connectivity index is 2.21. The van der Waals surface area contributed by atoms with Crippen molar-refractivity contribution in [1.29, 1.82) is 0 Å². The quantitative estimate of drug-likeness (QED) is 0.658. The first kappa shape index (κ1) is 14.4. The summed E-state index contributed by atoms with van der Waals surface area (Å²) < 4.78 is 0. The third kappa shape index (κ3) is 2.75. The molecule has 3 rings (SSSR count). The molecule has 1 heteroatoms. The van der Waals surface area contributed by atoms with Gasteiger partial charge in [0.1, 0.15) is 5.75 Å². The summed E-state index contributed by atoms with van der Waals surface area (Å²) in [5.74, 6) is 0.486. The average Bonchev–Trinajstić information content (AvgIpc) is 2.53. The van der Waals surface area contributed by atoms with Gasteiger partial charge in [0.25, 0.3) is 0 Å². The highest BCUT2D eigenvalue weighted by Crippen LogP contribution is 2.35. The first-order chi connectivity index (χ1) is 10.7. The van der Waals surface area contributed by atoms with E-state index in [0.717, 1.165) is 0 Å². The standard InChI is InChI=1S/C21H20O/c1-15-7-3-5-9-19(15)21(17-11-13-18(22)14-12-17)20-10-6-4-8-16(20)2/h3-14,21-22H,1-2H3. The van der Waals surface area contributed by atoms with Crippen molar-refractivity contribution in [2.45, 2.75) is 19.8 Å². The summed E-state index contributed by atoms with van der Waals surface area (Å²) in [6.07, 6.45) is 0. The van der Waals surface area contributed by atoms with Crippen molar-refractivity contribution in [2.75, 3.05) is 0 Å². The lowest BCUT2D eigenvalue weighted by Crippen LogP contribution is -2.06. The van der Waals surface area contributed by atoms with Gasteiger partial charge in [-0.2, -0.15) is 0 Å². The number of rotatable bonds is 3. The van der Waals surface area contributed by atoms with Gasteiger partial charge in [-0.05, 0) is 53.8 Å². The lowest BCUT2D eigenvalue weighted by atomic mass is 9.81. The van der Waals surface area contributed by atoms with Gasteiger partial charge >= 0.3 is 0 Å². The minimum atomic E-state index is 0.183. The van der Waals surface area contributed by atoms with Crippen molar-refractivity contribution in [1.82, 2.24) is 0 Å². The van der Waals surface area contributed by atoms with Crippen LogP contribution in [0.4, 0.5) is 0 Å². The molecule has 0 saturated carbocycles. The predicted molar refractivity (Wildman–Crippen MR) is 91.4 cm³/mol. The van der Waals surface area contributed by atoms with Crippen molar-refractivity contribution < 1.29 is 5.11 Å². The third-order valence-electron chi connectivity index (χ3n) is 4.23. The van der Waals surface area contributed by atoms with Crippen LogP contribution in [-0.2, 0) is 0 Å². The number of aromatic hydroxyl groups is 1. The predicted octanol–water partition coefficient (Wildman–Crippen LogP) is 5.19. The van der Waals surface area contributed by atoms with E-state index < -0.39 is 0 Å². The summed E-state index contributed by atoms with van der Waals surface area (Å²) in [7, 11) is 0. The molecule has 1 N–H and O–H groups in total. The SMILES string of the molecule is Cc1ccccc1C(c1ccc(O)cc1)c1ccccc1C. The molecule has 0 aromatic heterocycles. The second-order valence-electron chi connectivity index (χ2n) is 5.74. The maximum absolute atomic E-state index is 9.59. The summed E-state index contributed by atoms with van der Waals surface area (Å²) in [5.41, 5.74) is 6.37. The highest BCUT2D eigenvalue weighted by atomic mass is 16.3. The van der Waals surface area contributed by atoms with Crippen LogP contribution < -0.4 is 0 Å². The molecule has 0 radical (unpaired) electrons. The second kappa shape index (κ2) is 6.07. The van der Waals surface area contributed by atoms with Crippen molar-refractivity contribution in [3.05, 3.63) is 101 Å². The maximum Gasteiger partial charge on any atom is 0.115 e. The molecular formula is C21H20O. The average molecular weight is 288 g/mol. The van der Waals surface area contributed by atoms with E-state index in [0.29, 0.717) is 5.75 Å². The molecule has 1 nitrogen and oxygen atoms in total. The van der Waals surface area contributed by atoms with Crippen LogP contribution in [0.5, 0.6) is 5.75 Å². The number of phenolic OH excluding ortho intramolecular Hbond substituents is 1. The first-order valence-electron chi connectivity index (χ1n) is 7.57. The summed E-state index contributed by atoms with van der Waals surface area (Å²) >= 11 is 0. The number of phenols is 1. The lowest BCUT2D eigenvalue weighted by molar-refractivity contribution is 0.475. The zero-order valence-corrected chi connectivity index (χ0v) is 13.0. The van der Waals surface area contributed by atoms with Crippen molar-refractivity contribution in [3.63, 3.8) is 0 Å². The smallest absolute Gasteiger partial charge is 0.115 e. The van der Waals surface area contributed by atoms with Gasteiger partial charge in [0.2, 0.25) is 0 Å². The van der Waals surface area contributed by atoms with E-state index in [1.54, 1.807) is 12.1 Å². The minimum absolute atomic E-state index is 0.183. The molecule has 0 atom stereocenters. The largest absolute Gasteiger partial charge is 0.508 e. The number of aryl methyl sites for hydroxylation is 2.